The zero-order valence-corrected chi connectivity index (χ0v) is 11.8. The highest BCUT2D eigenvalue weighted by atomic mass is 32.2. The van der Waals surface area contributed by atoms with Crippen molar-refractivity contribution in [3.63, 3.8) is 0 Å². The summed E-state index contributed by atoms with van der Waals surface area (Å²) in [4.78, 5) is 0.829. The van der Waals surface area contributed by atoms with E-state index in [1.165, 1.54) is 12.8 Å². The molecule has 0 radical (unpaired) electrons. The van der Waals surface area contributed by atoms with Crippen LogP contribution in [0.25, 0.3) is 0 Å². The second kappa shape index (κ2) is 6.25. The van der Waals surface area contributed by atoms with Gasteiger partial charge in [0.1, 0.15) is 5.82 Å². The largest absolute Gasteiger partial charge is 0.377 e. The van der Waals surface area contributed by atoms with Crippen LogP contribution < -0.4 is 5.32 Å². The second-order valence-corrected chi connectivity index (χ2v) is 6.35. The lowest BCUT2D eigenvalue weighted by atomic mass is 10.0. The van der Waals surface area contributed by atoms with Gasteiger partial charge in [0.15, 0.2) is 0 Å². The van der Waals surface area contributed by atoms with Gasteiger partial charge in [0.25, 0.3) is 0 Å². The molecule has 0 amide bonds. The van der Waals surface area contributed by atoms with E-state index in [9.17, 15) is 4.39 Å². The van der Waals surface area contributed by atoms with Crippen LogP contribution in [0.15, 0.2) is 23.1 Å². The van der Waals surface area contributed by atoms with Crippen LogP contribution in [-0.2, 0) is 4.74 Å². The number of fused-ring (bicyclic) bond motifs is 1. The molecule has 2 aliphatic heterocycles. The molecule has 104 valence electrons. The fraction of sp³-hybridized carbons (Fsp3) is 0.600. The number of hydrogen-bond acceptors (Lipinski definition) is 3. The molecule has 1 fully saturated rings. The van der Waals surface area contributed by atoms with Crippen molar-refractivity contribution < 1.29 is 9.13 Å². The van der Waals surface area contributed by atoms with Gasteiger partial charge in [0, 0.05) is 24.1 Å². The molecule has 1 aromatic carbocycles. The minimum absolute atomic E-state index is 0.0806. The van der Waals surface area contributed by atoms with E-state index in [0.717, 1.165) is 42.2 Å². The van der Waals surface area contributed by atoms with E-state index in [0.29, 0.717) is 6.10 Å². The number of benzene rings is 1. The van der Waals surface area contributed by atoms with Crippen LogP contribution >= 0.6 is 11.8 Å². The standard InChI is InChI=1S/C15H20FNOS/c16-13-6-3-5-12-14(7-9-19-15(12)13)17-10-11-4-1-2-8-18-11/h3,5-6,11,14,17H,1-2,4,7-10H2. The molecular weight excluding hydrogens is 261 g/mol. The number of hydrogen-bond donors (Lipinski definition) is 1. The Labute approximate surface area is 118 Å². The Morgan fingerprint density at radius 1 is 1.32 bits per heavy atom. The highest BCUT2D eigenvalue weighted by Crippen LogP contribution is 2.37. The third-order valence-corrected chi connectivity index (χ3v) is 5.05. The van der Waals surface area contributed by atoms with Crippen molar-refractivity contribution in [3.8, 4) is 0 Å². The monoisotopic (exact) mass is 281 g/mol. The van der Waals surface area contributed by atoms with Crippen molar-refractivity contribution in [2.75, 3.05) is 18.9 Å². The summed E-state index contributed by atoms with van der Waals surface area (Å²) in [7, 11) is 0. The molecule has 2 aliphatic rings. The Morgan fingerprint density at radius 3 is 3.11 bits per heavy atom. The van der Waals surface area contributed by atoms with Crippen LogP contribution in [0.3, 0.4) is 0 Å². The average Bonchev–Trinajstić information content (AvgIpc) is 2.47. The summed E-state index contributed by atoms with van der Waals surface area (Å²) in [6.45, 7) is 1.77. The third-order valence-electron chi connectivity index (χ3n) is 3.89. The summed E-state index contributed by atoms with van der Waals surface area (Å²) in [5.74, 6) is 0.903. The van der Waals surface area contributed by atoms with E-state index in [1.54, 1.807) is 17.8 Å². The lowest BCUT2D eigenvalue weighted by Gasteiger charge is -2.29. The predicted molar refractivity (Wildman–Crippen MR) is 76.1 cm³/mol. The van der Waals surface area contributed by atoms with Gasteiger partial charge < -0.3 is 10.1 Å². The van der Waals surface area contributed by atoms with E-state index in [4.69, 9.17) is 4.74 Å². The van der Waals surface area contributed by atoms with Gasteiger partial charge in [-0.25, -0.2) is 4.39 Å². The van der Waals surface area contributed by atoms with Gasteiger partial charge >= 0.3 is 0 Å². The molecule has 1 saturated heterocycles. The smallest absolute Gasteiger partial charge is 0.137 e. The Morgan fingerprint density at radius 2 is 2.26 bits per heavy atom. The predicted octanol–water partition coefficient (Wildman–Crippen LogP) is 3.52. The highest BCUT2D eigenvalue weighted by molar-refractivity contribution is 7.99. The van der Waals surface area contributed by atoms with Crippen molar-refractivity contribution >= 4 is 11.8 Å². The maximum Gasteiger partial charge on any atom is 0.137 e. The van der Waals surface area contributed by atoms with Crippen molar-refractivity contribution in [2.24, 2.45) is 0 Å². The first-order chi connectivity index (χ1) is 9.34. The average molecular weight is 281 g/mol. The van der Waals surface area contributed by atoms with Gasteiger partial charge in [-0.15, -0.1) is 11.8 Å². The number of nitrogens with one attached hydrogen (secondary N) is 1. The Kier molecular flexibility index (Phi) is 4.41. The van der Waals surface area contributed by atoms with E-state index in [-0.39, 0.29) is 11.9 Å². The lowest BCUT2D eigenvalue weighted by Crippen LogP contribution is -2.35. The SMILES string of the molecule is Fc1cccc2c1SCCC2NCC1CCCCO1. The molecule has 2 atom stereocenters. The normalized spacial score (nSPS) is 27.0. The van der Waals surface area contributed by atoms with Crippen LogP contribution in [0.5, 0.6) is 0 Å². The van der Waals surface area contributed by atoms with Gasteiger partial charge in [-0.2, -0.15) is 0 Å². The van der Waals surface area contributed by atoms with Crippen molar-refractivity contribution in [1.82, 2.24) is 5.32 Å². The van der Waals surface area contributed by atoms with Crippen molar-refractivity contribution in [2.45, 2.75) is 42.7 Å². The Balaban J connectivity index is 1.64. The molecule has 0 bridgehead atoms. The zero-order valence-electron chi connectivity index (χ0n) is 11.0. The maximum absolute atomic E-state index is 13.8. The second-order valence-electron chi connectivity index (χ2n) is 5.24. The van der Waals surface area contributed by atoms with Gasteiger partial charge in [-0.1, -0.05) is 12.1 Å². The highest BCUT2D eigenvalue weighted by Gasteiger charge is 2.24. The number of ether oxygens (including phenoxy) is 1. The molecule has 2 unspecified atom stereocenters. The summed E-state index contributed by atoms with van der Waals surface area (Å²) in [6, 6.07) is 5.69. The molecule has 3 rings (SSSR count). The topological polar surface area (TPSA) is 21.3 Å². The molecule has 1 aromatic rings. The van der Waals surface area contributed by atoms with Gasteiger partial charge in [0.2, 0.25) is 0 Å². The molecule has 1 N–H and O–H groups in total. The quantitative estimate of drug-likeness (QED) is 0.916. The van der Waals surface area contributed by atoms with E-state index in [2.05, 4.69) is 5.32 Å². The zero-order chi connectivity index (χ0) is 13.1. The minimum atomic E-state index is -0.0806. The molecule has 4 heteroatoms. The first-order valence-electron chi connectivity index (χ1n) is 7.11. The summed E-state index contributed by atoms with van der Waals surface area (Å²) in [6.07, 6.45) is 4.99. The number of rotatable bonds is 3. The Bertz CT molecular complexity index is 434. The van der Waals surface area contributed by atoms with Crippen LogP contribution in [0.4, 0.5) is 4.39 Å². The fourth-order valence-electron chi connectivity index (χ4n) is 2.84. The van der Waals surface area contributed by atoms with Crippen molar-refractivity contribution in [3.05, 3.63) is 29.6 Å². The van der Waals surface area contributed by atoms with E-state index >= 15 is 0 Å². The molecule has 2 heterocycles. The van der Waals surface area contributed by atoms with Crippen LogP contribution in [0, 0.1) is 5.82 Å². The Hall–Kier alpha value is -0.580. The molecule has 19 heavy (non-hydrogen) atoms. The first-order valence-corrected chi connectivity index (χ1v) is 8.09. The molecule has 0 spiro atoms. The first kappa shape index (κ1) is 13.4. The van der Waals surface area contributed by atoms with Gasteiger partial charge in [-0.3, -0.25) is 0 Å². The molecule has 0 saturated carbocycles. The molecule has 0 aliphatic carbocycles. The van der Waals surface area contributed by atoms with E-state index in [1.807, 2.05) is 12.1 Å². The van der Waals surface area contributed by atoms with Crippen LogP contribution in [0.2, 0.25) is 0 Å². The van der Waals surface area contributed by atoms with Gasteiger partial charge in [0.05, 0.1) is 6.10 Å². The third kappa shape index (κ3) is 3.12. The number of halogens is 1. The fourth-order valence-corrected chi connectivity index (χ4v) is 3.98. The van der Waals surface area contributed by atoms with Crippen LogP contribution in [-0.4, -0.2) is 25.0 Å². The molecule has 2 nitrogen and oxygen atoms in total. The lowest BCUT2D eigenvalue weighted by molar-refractivity contribution is 0.0152. The number of thioether (sulfide) groups is 1. The summed E-state index contributed by atoms with van der Waals surface area (Å²) >= 11 is 1.63. The molecular formula is C15H20FNOS. The summed E-state index contributed by atoms with van der Waals surface area (Å²) in [5, 5.41) is 3.57. The molecule has 0 aromatic heterocycles. The van der Waals surface area contributed by atoms with Crippen LogP contribution in [0.1, 0.15) is 37.3 Å². The maximum atomic E-state index is 13.8. The van der Waals surface area contributed by atoms with Crippen molar-refractivity contribution in [1.29, 1.82) is 0 Å². The summed E-state index contributed by atoms with van der Waals surface area (Å²) in [5.41, 5.74) is 1.12. The minimum Gasteiger partial charge on any atom is -0.377 e. The summed E-state index contributed by atoms with van der Waals surface area (Å²) < 4.78 is 19.5. The van der Waals surface area contributed by atoms with E-state index < -0.39 is 0 Å². The van der Waals surface area contributed by atoms with Gasteiger partial charge in [-0.05, 0) is 43.1 Å².